The molecule has 0 aliphatic carbocycles. The molecule has 3 atom stereocenters. The summed E-state index contributed by atoms with van der Waals surface area (Å²) in [7, 11) is 0. The monoisotopic (exact) mass is 264 g/mol. The number of halogens is 1. The molecular weight excluding hydrogens is 248 g/mol. The fourth-order valence-electron chi connectivity index (χ4n) is 2.47. The van der Waals surface area contributed by atoms with Gasteiger partial charge in [-0.05, 0) is 19.9 Å². The van der Waals surface area contributed by atoms with Crippen molar-refractivity contribution in [1.29, 1.82) is 5.26 Å². The third-order valence-corrected chi connectivity index (χ3v) is 3.48. The van der Waals surface area contributed by atoms with Gasteiger partial charge in [0.15, 0.2) is 0 Å². The molecule has 1 saturated heterocycles. The summed E-state index contributed by atoms with van der Waals surface area (Å²) in [4.78, 5) is 2.14. The van der Waals surface area contributed by atoms with Crippen molar-refractivity contribution in [2.45, 2.75) is 32.1 Å². The number of ether oxygens (including phenoxy) is 1. The van der Waals surface area contributed by atoms with Gasteiger partial charge in [0.2, 0.25) is 0 Å². The van der Waals surface area contributed by atoms with E-state index in [1.54, 1.807) is 0 Å². The van der Waals surface area contributed by atoms with Crippen molar-refractivity contribution in [2.75, 3.05) is 13.1 Å². The number of hydrogen-bond donors (Lipinski definition) is 0. The van der Waals surface area contributed by atoms with Crippen LogP contribution in [0.1, 0.15) is 25.5 Å². The Morgan fingerprint density at radius 3 is 2.50 bits per heavy atom. The number of nitrogens with zero attached hydrogens (tertiary/aromatic N) is 2. The van der Waals surface area contributed by atoms with Crippen LogP contribution in [0.15, 0.2) is 24.3 Å². The molecule has 2 rings (SSSR count). The summed E-state index contributed by atoms with van der Waals surface area (Å²) in [6.07, 6.45) is 0.291. The molecule has 4 heteroatoms. The zero-order chi connectivity index (χ0) is 13.1. The Bertz CT molecular complexity index is 447. The van der Waals surface area contributed by atoms with E-state index in [9.17, 15) is 5.26 Å². The zero-order valence-corrected chi connectivity index (χ0v) is 11.4. The molecule has 3 unspecified atom stereocenters. The Kier molecular flexibility index (Phi) is 4.23. The van der Waals surface area contributed by atoms with E-state index in [1.165, 1.54) is 0 Å². The summed E-state index contributed by atoms with van der Waals surface area (Å²) in [5, 5.41) is 10.1. The molecule has 0 bridgehead atoms. The van der Waals surface area contributed by atoms with E-state index in [1.807, 2.05) is 38.1 Å². The van der Waals surface area contributed by atoms with Crippen LogP contribution in [0.5, 0.6) is 0 Å². The van der Waals surface area contributed by atoms with Crippen LogP contribution in [0.25, 0.3) is 0 Å². The summed E-state index contributed by atoms with van der Waals surface area (Å²) >= 11 is 6.18. The summed E-state index contributed by atoms with van der Waals surface area (Å²) in [5.41, 5.74) is 0.878. The van der Waals surface area contributed by atoms with E-state index in [0.29, 0.717) is 5.02 Å². The van der Waals surface area contributed by atoms with Gasteiger partial charge in [0.25, 0.3) is 0 Å². The molecule has 1 heterocycles. The van der Waals surface area contributed by atoms with Gasteiger partial charge in [-0.3, -0.25) is 4.90 Å². The molecule has 1 fully saturated rings. The molecule has 1 aromatic carbocycles. The lowest BCUT2D eigenvalue weighted by Gasteiger charge is -2.37. The van der Waals surface area contributed by atoms with Crippen LogP contribution in [0.4, 0.5) is 0 Å². The van der Waals surface area contributed by atoms with Gasteiger partial charge in [-0.2, -0.15) is 5.26 Å². The van der Waals surface area contributed by atoms with E-state index >= 15 is 0 Å². The lowest BCUT2D eigenvalue weighted by Crippen LogP contribution is -2.46. The number of nitriles is 1. The number of benzene rings is 1. The van der Waals surface area contributed by atoms with Gasteiger partial charge in [0.1, 0.15) is 6.04 Å². The first-order valence-electron chi connectivity index (χ1n) is 6.15. The summed E-state index contributed by atoms with van der Waals surface area (Å²) in [5.74, 6) is 0. The molecule has 1 aliphatic heterocycles. The first kappa shape index (κ1) is 13.4. The van der Waals surface area contributed by atoms with Crippen LogP contribution < -0.4 is 0 Å². The second-order valence-electron chi connectivity index (χ2n) is 4.76. The Morgan fingerprint density at radius 2 is 1.94 bits per heavy atom. The van der Waals surface area contributed by atoms with Crippen LogP contribution in [0.2, 0.25) is 5.02 Å². The van der Waals surface area contributed by atoms with Gasteiger partial charge >= 0.3 is 0 Å². The zero-order valence-electron chi connectivity index (χ0n) is 10.6. The van der Waals surface area contributed by atoms with Gasteiger partial charge in [-0.1, -0.05) is 29.8 Å². The average Bonchev–Trinajstić information content (AvgIpc) is 2.31. The smallest absolute Gasteiger partial charge is 0.125 e. The van der Waals surface area contributed by atoms with Crippen molar-refractivity contribution in [2.24, 2.45) is 0 Å². The van der Waals surface area contributed by atoms with Crippen LogP contribution in [-0.2, 0) is 4.74 Å². The normalized spacial score (nSPS) is 26.6. The Labute approximate surface area is 113 Å². The van der Waals surface area contributed by atoms with Gasteiger partial charge in [-0.15, -0.1) is 0 Å². The van der Waals surface area contributed by atoms with Gasteiger partial charge < -0.3 is 4.74 Å². The van der Waals surface area contributed by atoms with Gasteiger partial charge in [-0.25, -0.2) is 0 Å². The van der Waals surface area contributed by atoms with Crippen molar-refractivity contribution < 1.29 is 4.74 Å². The largest absolute Gasteiger partial charge is 0.373 e. The van der Waals surface area contributed by atoms with Crippen molar-refractivity contribution in [3.05, 3.63) is 34.9 Å². The van der Waals surface area contributed by atoms with Gasteiger partial charge in [0, 0.05) is 23.7 Å². The Hall–Kier alpha value is -1.08. The van der Waals surface area contributed by atoms with Crippen molar-refractivity contribution in [3.63, 3.8) is 0 Å². The molecule has 0 amide bonds. The van der Waals surface area contributed by atoms with Crippen LogP contribution in [0.3, 0.4) is 0 Å². The Balaban J connectivity index is 2.24. The quantitative estimate of drug-likeness (QED) is 0.824. The van der Waals surface area contributed by atoms with Crippen LogP contribution >= 0.6 is 11.6 Å². The minimum atomic E-state index is -0.299. The molecule has 0 spiro atoms. The first-order valence-corrected chi connectivity index (χ1v) is 6.53. The van der Waals surface area contributed by atoms with Crippen molar-refractivity contribution >= 4 is 11.6 Å². The molecule has 1 aliphatic rings. The van der Waals surface area contributed by atoms with E-state index in [0.717, 1.165) is 18.7 Å². The van der Waals surface area contributed by atoms with Gasteiger partial charge in [0.05, 0.1) is 18.3 Å². The van der Waals surface area contributed by atoms with E-state index in [-0.39, 0.29) is 18.2 Å². The summed E-state index contributed by atoms with van der Waals surface area (Å²) < 4.78 is 5.69. The van der Waals surface area contributed by atoms with E-state index in [4.69, 9.17) is 16.3 Å². The highest BCUT2D eigenvalue weighted by Gasteiger charge is 2.29. The lowest BCUT2D eigenvalue weighted by molar-refractivity contribution is -0.0750. The number of rotatable bonds is 2. The first-order chi connectivity index (χ1) is 8.61. The fraction of sp³-hybridized carbons (Fsp3) is 0.500. The standard InChI is InChI=1S/C14H17ClN2O/c1-10-8-17(9-11(2)18-10)14(7-16)12-5-3-4-6-13(12)15/h3-6,10-11,14H,8-9H2,1-2H3. The van der Waals surface area contributed by atoms with E-state index < -0.39 is 0 Å². The van der Waals surface area contributed by atoms with Crippen molar-refractivity contribution in [1.82, 2.24) is 4.90 Å². The fourth-order valence-corrected chi connectivity index (χ4v) is 2.71. The lowest BCUT2D eigenvalue weighted by atomic mass is 10.0. The average molecular weight is 265 g/mol. The SMILES string of the molecule is CC1CN(C(C#N)c2ccccc2Cl)CC(C)O1. The van der Waals surface area contributed by atoms with Crippen molar-refractivity contribution in [3.8, 4) is 6.07 Å². The molecule has 0 aromatic heterocycles. The maximum atomic E-state index is 9.44. The highest BCUT2D eigenvalue weighted by Crippen LogP contribution is 2.29. The molecule has 0 saturated carbocycles. The molecule has 0 N–H and O–H groups in total. The third-order valence-electron chi connectivity index (χ3n) is 3.14. The maximum absolute atomic E-state index is 9.44. The predicted molar refractivity (Wildman–Crippen MR) is 71.4 cm³/mol. The highest BCUT2D eigenvalue weighted by atomic mass is 35.5. The minimum Gasteiger partial charge on any atom is -0.373 e. The second-order valence-corrected chi connectivity index (χ2v) is 5.17. The Morgan fingerprint density at radius 1 is 1.33 bits per heavy atom. The number of morpholine rings is 1. The highest BCUT2D eigenvalue weighted by molar-refractivity contribution is 6.31. The topological polar surface area (TPSA) is 36.3 Å². The molecule has 96 valence electrons. The molecule has 1 aromatic rings. The molecule has 3 nitrogen and oxygen atoms in total. The summed E-state index contributed by atoms with van der Waals surface area (Å²) in [6.45, 7) is 5.58. The molecule has 0 radical (unpaired) electrons. The maximum Gasteiger partial charge on any atom is 0.125 e. The van der Waals surface area contributed by atoms with Crippen LogP contribution in [0, 0.1) is 11.3 Å². The molecule has 18 heavy (non-hydrogen) atoms. The minimum absolute atomic E-state index is 0.145. The second kappa shape index (κ2) is 5.71. The molecular formula is C14H17ClN2O. The number of hydrogen-bond acceptors (Lipinski definition) is 3. The van der Waals surface area contributed by atoms with Crippen LogP contribution in [-0.4, -0.2) is 30.2 Å². The third kappa shape index (κ3) is 2.84. The predicted octanol–water partition coefficient (Wildman–Crippen LogP) is 3.01. The summed E-state index contributed by atoms with van der Waals surface area (Å²) in [6, 6.07) is 9.60. The van der Waals surface area contributed by atoms with E-state index in [2.05, 4.69) is 11.0 Å².